The van der Waals surface area contributed by atoms with Crippen molar-refractivity contribution >= 4 is 33.8 Å². The zero-order valence-corrected chi connectivity index (χ0v) is 16.0. The molecule has 4 rings (SSSR count). The molecule has 0 spiro atoms. The topological polar surface area (TPSA) is 146 Å². The van der Waals surface area contributed by atoms with Crippen LogP contribution in [0.15, 0.2) is 28.9 Å². The number of primary amides is 1. The number of aryl methyl sites for hydroxylation is 1. The Bertz CT molecular complexity index is 1110. The zero-order valence-electron chi connectivity index (χ0n) is 15.2. The van der Waals surface area contributed by atoms with E-state index in [2.05, 4.69) is 10.4 Å². The van der Waals surface area contributed by atoms with Crippen LogP contribution < -0.4 is 11.1 Å². The number of anilines is 1. The molecule has 11 heteroatoms. The minimum Gasteiger partial charge on any atom is -0.454 e. The van der Waals surface area contributed by atoms with Gasteiger partial charge in [-0.3, -0.25) is 24.4 Å². The number of hydrogen-bond donors (Lipinski definition) is 2. The average Bonchev–Trinajstić information content (AvgIpc) is 3.39. The highest BCUT2D eigenvalue weighted by molar-refractivity contribution is 7.17. The van der Waals surface area contributed by atoms with E-state index >= 15 is 0 Å². The Morgan fingerprint density at radius 1 is 1.34 bits per heavy atom. The Balaban J connectivity index is 1.50. The first-order valence-corrected chi connectivity index (χ1v) is 9.75. The summed E-state index contributed by atoms with van der Waals surface area (Å²) in [6.07, 6.45) is 6.10. The minimum atomic E-state index is -0.555. The van der Waals surface area contributed by atoms with Gasteiger partial charge in [0, 0.05) is 4.88 Å². The van der Waals surface area contributed by atoms with Crippen molar-refractivity contribution < 1.29 is 18.9 Å². The van der Waals surface area contributed by atoms with Crippen LogP contribution in [0, 0.1) is 10.1 Å². The molecular weight excluding hydrogens is 398 g/mol. The molecule has 0 unspecified atom stereocenters. The molecular formula is C18H17N5O5S. The third kappa shape index (κ3) is 3.76. The fourth-order valence-electron chi connectivity index (χ4n) is 3.36. The first-order valence-electron chi connectivity index (χ1n) is 8.93. The molecule has 0 radical (unpaired) electrons. The van der Waals surface area contributed by atoms with E-state index in [4.69, 9.17) is 10.2 Å². The largest absolute Gasteiger partial charge is 0.454 e. The lowest BCUT2D eigenvalue weighted by molar-refractivity contribution is -0.385. The summed E-state index contributed by atoms with van der Waals surface area (Å²) in [6, 6.07) is 3.09. The van der Waals surface area contributed by atoms with Gasteiger partial charge in [0.2, 0.25) is 0 Å². The van der Waals surface area contributed by atoms with Crippen LogP contribution in [0.25, 0.3) is 0 Å². The van der Waals surface area contributed by atoms with E-state index in [9.17, 15) is 19.7 Å². The van der Waals surface area contributed by atoms with E-state index in [1.54, 1.807) is 6.07 Å². The number of aromatic nitrogens is 2. The zero-order chi connectivity index (χ0) is 20.5. The van der Waals surface area contributed by atoms with Gasteiger partial charge >= 0.3 is 5.69 Å². The standard InChI is InChI=1S/C18H17N5O5S/c19-16(24)15-12-3-1-2-4-14(12)29-18(15)21-17(25)13-6-5-11(28-13)9-22-8-10(7-20-22)23(26)27/h5-8H,1-4,9H2,(H2,19,24)(H,21,25). The summed E-state index contributed by atoms with van der Waals surface area (Å²) in [4.78, 5) is 35.8. The molecule has 10 nitrogen and oxygen atoms in total. The van der Waals surface area contributed by atoms with Crippen LogP contribution in [-0.2, 0) is 19.4 Å². The molecule has 3 aromatic rings. The third-order valence-corrected chi connectivity index (χ3v) is 5.89. The molecule has 2 amide bonds. The van der Waals surface area contributed by atoms with E-state index in [1.807, 2.05) is 0 Å². The van der Waals surface area contributed by atoms with E-state index < -0.39 is 16.7 Å². The molecule has 3 N–H and O–H groups in total. The van der Waals surface area contributed by atoms with Gasteiger partial charge in [0.05, 0.1) is 17.0 Å². The monoisotopic (exact) mass is 415 g/mol. The summed E-state index contributed by atoms with van der Waals surface area (Å²) >= 11 is 1.38. The van der Waals surface area contributed by atoms with Gasteiger partial charge in [0.15, 0.2) is 5.76 Å². The number of rotatable bonds is 6. The van der Waals surface area contributed by atoms with Crippen molar-refractivity contribution in [3.05, 3.63) is 62.2 Å². The number of nitro groups is 1. The second-order valence-corrected chi connectivity index (χ2v) is 7.76. The first kappa shape index (κ1) is 18.9. The predicted molar refractivity (Wildman–Crippen MR) is 104 cm³/mol. The van der Waals surface area contributed by atoms with Gasteiger partial charge in [0.25, 0.3) is 11.8 Å². The van der Waals surface area contributed by atoms with Crippen LogP contribution in [0.1, 0.15) is 50.0 Å². The predicted octanol–water partition coefficient (Wildman–Crippen LogP) is 2.72. The smallest absolute Gasteiger partial charge is 0.307 e. The van der Waals surface area contributed by atoms with E-state index in [0.717, 1.165) is 42.3 Å². The maximum atomic E-state index is 12.6. The number of thiophene rings is 1. The molecule has 3 aromatic heterocycles. The summed E-state index contributed by atoms with van der Waals surface area (Å²) in [5.74, 6) is -0.582. The van der Waals surface area contributed by atoms with Crippen LogP contribution in [0.5, 0.6) is 0 Å². The van der Waals surface area contributed by atoms with E-state index in [0.29, 0.717) is 16.3 Å². The maximum Gasteiger partial charge on any atom is 0.307 e. The van der Waals surface area contributed by atoms with Gasteiger partial charge in [-0.15, -0.1) is 11.3 Å². The van der Waals surface area contributed by atoms with Crippen LogP contribution in [-0.4, -0.2) is 26.5 Å². The summed E-state index contributed by atoms with van der Waals surface area (Å²) in [7, 11) is 0. The second-order valence-electron chi connectivity index (χ2n) is 6.65. The summed E-state index contributed by atoms with van der Waals surface area (Å²) in [6.45, 7) is 0.140. The molecule has 0 saturated heterocycles. The van der Waals surface area contributed by atoms with Crippen LogP contribution in [0.4, 0.5) is 10.7 Å². The number of nitrogens with two attached hydrogens (primary N) is 1. The quantitative estimate of drug-likeness (QED) is 0.467. The molecule has 150 valence electrons. The normalized spacial score (nSPS) is 13.1. The Hall–Kier alpha value is -3.47. The van der Waals surface area contributed by atoms with Crippen molar-refractivity contribution in [2.24, 2.45) is 5.73 Å². The van der Waals surface area contributed by atoms with Gasteiger partial charge < -0.3 is 15.5 Å². The number of hydrogen-bond acceptors (Lipinski definition) is 7. The lowest BCUT2D eigenvalue weighted by atomic mass is 9.95. The molecule has 3 heterocycles. The van der Waals surface area contributed by atoms with Gasteiger partial charge in [-0.2, -0.15) is 5.10 Å². The highest BCUT2D eigenvalue weighted by atomic mass is 32.1. The minimum absolute atomic E-state index is 0.0587. The van der Waals surface area contributed by atoms with E-state index in [-0.39, 0.29) is 18.0 Å². The molecule has 0 aromatic carbocycles. The van der Waals surface area contributed by atoms with E-state index in [1.165, 1.54) is 28.3 Å². The highest BCUT2D eigenvalue weighted by Crippen LogP contribution is 2.38. The molecule has 0 aliphatic heterocycles. The molecule has 0 fully saturated rings. The maximum absolute atomic E-state index is 12.6. The van der Waals surface area contributed by atoms with Crippen LogP contribution in [0.2, 0.25) is 0 Å². The number of furan rings is 1. The first-order chi connectivity index (χ1) is 13.9. The Morgan fingerprint density at radius 3 is 2.86 bits per heavy atom. The number of amides is 2. The van der Waals surface area contributed by atoms with Crippen molar-refractivity contribution in [1.82, 2.24) is 9.78 Å². The number of nitrogens with zero attached hydrogens (tertiary/aromatic N) is 3. The molecule has 0 atom stereocenters. The fourth-order valence-corrected chi connectivity index (χ4v) is 4.65. The third-order valence-electron chi connectivity index (χ3n) is 4.68. The van der Waals surface area contributed by atoms with Gasteiger partial charge in [-0.25, -0.2) is 0 Å². The SMILES string of the molecule is NC(=O)c1c(NC(=O)c2ccc(Cn3cc([N+](=O)[O-])cn3)o2)sc2c1CCCC2. The van der Waals surface area contributed by atoms with Gasteiger partial charge in [-0.05, 0) is 43.4 Å². The number of nitrogens with one attached hydrogen (secondary N) is 1. The fraction of sp³-hybridized carbons (Fsp3) is 0.278. The molecule has 0 bridgehead atoms. The summed E-state index contributed by atoms with van der Waals surface area (Å²) in [5, 5.41) is 17.8. The lowest BCUT2D eigenvalue weighted by Gasteiger charge is -2.11. The molecule has 0 saturated carbocycles. The number of fused-ring (bicyclic) bond motifs is 1. The highest BCUT2D eigenvalue weighted by Gasteiger charge is 2.25. The Morgan fingerprint density at radius 2 is 2.14 bits per heavy atom. The summed E-state index contributed by atoms with van der Waals surface area (Å²) < 4.78 is 6.88. The average molecular weight is 415 g/mol. The van der Waals surface area contributed by atoms with Crippen molar-refractivity contribution in [2.75, 3.05) is 5.32 Å². The number of carbonyl (C=O) groups is 2. The number of carbonyl (C=O) groups excluding carboxylic acids is 2. The Labute approximate surface area is 168 Å². The Kier molecular flexibility index (Phi) is 4.89. The van der Waals surface area contributed by atoms with Gasteiger partial charge in [0.1, 0.15) is 23.2 Å². The molecule has 1 aliphatic carbocycles. The van der Waals surface area contributed by atoms with Crippen molar-refractivity contribution in [3.63, 3.8) is 0 Å². The van der Waals surface area contributed by atoms with Crippen LogP contribution >= 0.6 is 11.3 Å². The molecule has 1 aliphatic rings. The van der Waals surface area contributed by atoms with Crippen molar-refractivity contribution in [1.29, 1.82) is 0 Å². The van der Waals surface area contributed by atoms with Crippen molar-refractivity contribution in [2.45, 2.75) is 32.2 Å². The molecule has 29 heavy (non-hydrogen) atoms. The van der Waals surface area contributed by atoms with Crippen molar-refractivity contribution in [3.8, 4) is 0 Å². The van der Waals surface area contributed by atoms with Gasteiger partial charge in [-0.1, -0.05) is 0 Å². The van der Waals surface area contributed by atoms with Crippen LogP contribution in [0.3, 0.4) is 0 Å². The second kappa shape index (κ2) is 7.51. The summed E-state index contributed by atoms with van der Waals surface area (Å²) in [5.41, 5.74) is 6.73. The lowest BCUT2D eigenvalue weighted by Crippen LogP contribution is -2.18.